The largest absolute Gasteiger partial charge is 0.381 e. The van der Waals surface area contributed by atoms with E-state index in [9.17, 15) is 4.79 Å². The molecule has 1 aliphatic rings. The Morgan fingerprint density at radius 1 is 1.58 bits per heavy atom. The number of aromatic nitrogens is 3. The number of hydrogen-bond donors (Lipinski definition) is 2. The summed E-state index contributed by atoms with van der Waals surface area (Å²) in [6.07, 6.45) is 2.41. The number of H-pyrrole nitrogens is 1. The minimum absolute atomic E-state index is 0.0502. The summed E-state index contributed by atoms with van der Waals surface area (Å²) in [4.78, 5) is 13.3. The smallest absolute Gasteiger partial charge is 0.222 e. The standard InChI is InChI=1S/C16H22N4O2S2/c1-11(12-5-8-22-9-6-12)17-14(21)4-7-20-15(18-19-16(20)23)13-3-2-10-24-13/h2-3,10-12H,4-9H2,1H3,(H,17,21)(H,19,23)/t11-/m0/s1. The molecule has 0 aromatic carbocycles. The maximum absolute atomic E-state index is 12.3. The Balaban J connectivity index is 1.57. The van der Waals surface area contributed by atoms with Gasteiger partial charge in [-0.2, -0.15) is 5.10 Å². The Labute approximate surface area is 150 Å². The van der Waals surface area contributed by atoms with Crippen LogP contribution in [-0.4, -0.2) is 39.9 Å². The first-order valence-electron chi connectivity index (χ1n) is 8.21. The monoisotopic (exact) mass is 366 g/mol. The molecule has 0 aliphatic carbocycles. The quantitative estimate of drug-likeness (QED) is 0.771. The summed E-state index contributed by atoms with van der Waals surface area (Å²) in [6.45, 7) is 4.18. The van der Waals surface area contributed by atoms with Gasteiger partial charge in [0.2, 0.25) is 5.91 Å². The summed E-state index contributed by atoms with van der Waals surface area (Å²) in [6, 6.07) is 4.15. The van der Waals surface area contributed by atoms with E-state index >= 15 is 0 Å². The second-order valence-electron chi connectivity index (χ2n) is 6.04. The molecule has 0 radical (unpaired) electrons. The van der Waals surface area contributed by atoms with Crippen molar-refractivity contribution in [3.63, 3.8) is 0 Å². The van der Waals surface area contributed by atoms with Crippen LogP contribution in [0.1, 0.15) is 26.2 Å². The van der Waals surface area contributed by atoms with E-state index in [1.54, 1.807) is 11.3 Å². The van der Waals surface area contributed by atoms with Crippen LogP contribution >= 0.6 is 23.6 Å². The zero-order chi connectivity index (χ0) is 16.9. The molecular weight excluding hydrogens is 344 g/mol. The van der Waals surface area contributed by atoms with Gasteiger partial charge in [0.05, 0.1) is 4.88 Å². The maximum atomic E-state index is 12.3. The van der Waals surface area contributed by atoms with Crippen molar-refractivity contribution in [3.05, 3.63) is 22.3 Å². The Morgan fingerprint density at radius 3 is 3.08 bits per heavy atom. The molecular formula is C16H22N4O2S2. The lowest BCUT2D eigenvalue weighted by molar-refractivity contribution is -0.122. The summed E-state index contributed by atoms with van der Waals surface area (Å²) >= 11 is 6.90. The highest BCUT2D eigenvalue weighted by Crippen LogP contribution is 2.23. The van der Waals surface area contributed by atoms with E-state index in [1.165, 1.54) is 0 Å². The van der Waals surface area contributed by atoms with Crippen LogP contribution in [0.2, 0.25) is 0 Å². The summed E-state index contributed by atoms with van der Waals surface area (Å²) in [5.41, 5.74) is 0. The number of amides is 1. The van der Waals surface area contributed by atoms with E-state index < -0.39 is 0 Å². The molecule has 8 heteroatoms. The van der Waals surface area contributed by atoms with Gasteiger partial charge >= 0.3 is 0 Å². The van der Waals surface area contributed by atoms with Gasteiger partial charge in [0, 0.05) is 32.2 Å². The van der Waals surface area contributed by atoms with E-state index in [0.29, 0.717) is 23.7 Å². The van der Waals surface area contributed by atoms with Crippen LogP contribution in [0.15, 0.2) is 17.5 Å². The fourth-order valence-corrected chi connectivity index (χ4v) is 3.94. The number of thiophene rings is 1. The highest BCUT2D eigenvalue weighted by molar-refractivity contribution is 7.71. The molecule has 2 aromatic heterocycles. The van der Waals surface area contributed by atoms with Gasteiger partial charge in [-0.3, -0.25) is 14.5 Å². The molecule has 1 saturated heterocycles. The second-order valence-corrected chi connectivity index (χ2v) is 7.37. The molecule has 3 heterocycles. The van der Waals surface area contributed by atoms with Crippen LogP contribution < -0.4 is 5.32 Å². The highest BCUT2D eigenvalue weighted by atomic mass is 32.1. The molecule has 1 aliphatic heterocycles. The van der Waals surface area contributed by atoms with E-state index in [2.05, 4.69) is 22.4 Å². The molecule has 1 amide bonds. The highest BCUT2D eigenvalue weighted by Gasteiger charge is 2.22. The van der Waals surface area contributed by atoms with Crippen molar-refractivity contribution in [1.29, 1.82) is 0 Å². The molecule has 1 atom stereocenters. The molecule has 130 valence electrons. The number of ether oxygens (including phenoxy) is 1. The fraction of sp³-hybridized carbons (Fsp3) is 0.562. The minimum atomic E-state index is 0.0502. The molecule has 0 spiro atoms. The Kier molecular flexibility index (Phi) is 5.80. The molecule has 0 unspecified atom stereocenters. The lowest BCUT2D eigenvalue weighted by Gasteiger charge is -2.28. The Hall–Kier alpha value is -1.51. The molecule has 24 heavy (non-hydrogen) atoms. The van der Waals surface area contributed by atoms with Crippen LogP contribution in [-0.2, 0) is 16.1 Å². The van der Waals surface area contributed by atoms with Crippen molar-refractivity contribution >= 4 is 29.5 Å². The van der Waals surface area contributed by atoms with Crippen molar-refractivity contribution in [2.75, 3.05) is 13.2 Å². The van der Waals surface area contributed by atoms with Gasteiger partial charge in [-0.25, -0.2) is 0 Å². The Morgan fingerprint density at radius 2 is 2.38 bits per heavy atom. The van der Waals surface area contributed by atoms with Gasteiger partial charge in [0.25, 0.3) is 0 Å². The van der Waals surface area contributed by atoms with E-state index in [1.807, 2.05) is 22.1 Å². The fourth-order valence-electron chi connectivity index (χ4n) is 2.99. The first-order chi connectivity index (χ1) is 11.6. The minimum Gasteiger partial charge on any atom is -0.381 e. The number of carbonyl (C=O) groups is 1. The zero-order valence-electron chi connectivity index (χ0n) is 13.7. The van der Waals surface area contributed by atoms with Gasteiger partial charge in [0.15, 0.2) is 10.6 Å². The maximum Gasteiger partial charge on any atom is 0.222 e. The predicted octanol–water partition coefficient (Wildman–Crippen LogP) is 2.99. The van der Waals surface area contributed by atoms with Gasteiger partial charge in [-0.1, -0.05) is 6.07 Å². The second kappa shape index (κ2) is 8.04. The number of carbonyl (C=O) groups excluding carboxylic acids is 1. The number of nitrogens with one attached hydrogen (secondary N) is 2. The third-order valence-electron chi connectivity index (χ3n) is 4.42. The van der Waals surface area contributed by atoms with Crippen LogP contribution in [0.4, 0.5) is 0 Å². The lowest BCUT2D eigenvalue weighted by Crippen LogP contribution is -2.40. The molecule has 2 aromatic rings. The molecule has 1 fully saturated rings. The molecule has 0 saturated carbocycles. The summed E-state index contributed by atoms with van der Waals surface area (Å²) in [7, 11) is 0. The van der Waals surface area contributed by atoms with Gasteiger partial charge in [-0.15, -0.1) is 11.3 Å². The van der Waals surface area contributed by atoms with Crippen molar-refractivity contribution < 1.29 is 9.53 Å². The zero-order valence-corrected chi connectivity index (χ0v) is 15.3. The predicted molar refractivity (Wildman–Crippen MR) is 96.5 cm³/mol. The summed E-state index contributed by atoms with van der Waals surface area (Å²) in [5.74, 6) is 1.34. The first kappa shape index (κ1) is 17.3. The average Bonchev–Trinajstić information content (AvgIpc) is 3.23. The average molecular weight is 367 g/mol. The van der Waals surface area contributed by atoms with Crippen LogP contribution in [0.3, 0.4) is 0 Å². The molecule has 3 rings (SSSR count). The topological polar surface area (TPSA) is 71.9 Å². The third-order valence-corrected chi connectivity index (χ3v) is 5.60. The van der Waals surface area contributed by atoms with Crippen LogP contribution in [0.5, 0.6) is 0 Å². The van der Waals surface area contributed by atoms with E-state index in [4.69, 9.17) is 17.0 Å². The first-order valence-corrected chi connectivity index (χ1v) is 9.50. The van der Waals surface area contributed by atoms with Gasteiger partial charge in [-0.05, 0) is 49.3 Å². The molecule has 0 bridgehead atoms. The summed E-state index contributed by atoms with van der Waals surface area (Å²) < 4.78 is 7.81. The van der Waals surface area contributed by atoms with Crippen LogP contribution in [0, 0.1) is 10.7 Å². The summed E-state index contributed by atoms with van der Waals surface area (Å²) in [5, 5.41) is 12.2. The Bertz CT molecular complexity index is 717. The number of hydrogen-bond acceptors (Lipinski definition) is 5. The van der Waals surface area contributed by atoms with Crippen molar-refractivity contribution in [2.24, 2.45) is 5.92 Å². The van der Waals surface area contributed by atoms with Gasteiger partial charge < -0.3 is 10.1 Å². The van der Waals surface area contributed by atoms with Crippen molar-refractivity contribution in [3.8, 4) is 10.7 Å². The number of rotatable bonds is 6. The van der Waals surface area contributed by atoms with E-state index in [0.717, 1.165) is 36.8 Å². The van der Waals surface area contributed by atoms with Crippen molar-refractivity contribution in [2.45, 2.75) is 38.8 Å². The van der Waals surface area contributed by atoms with Crippen molar-refractivity contribution in [1.82, 2.24) is 20.1 Å². The third kappa shape index (κ3) is 4.12. The van der Waals surface area contributed by atoms with Crippen LogP contribution in [0.25, 0.3) is 10.7 Å². The number of nitrogens with zero attached hydrogens (tertiary/aromatic N) is 2. The molecule has 6 nitrogen and oxygen atoms in total. The van der Waals surface area contributed by atoms with Gasteiger partial charge in [0.1, 0.15) is 0 Å². The lowest BCUT2D eigenvalue weighted by atomic mass is 9.93. The molecule has 2 N–H and O–H groups in total. The SMILES string of the molecule is C[C@H](NC(=O)CCn1c(-c2cccs2)n[nH]c1=S)C1CCOCC1. The van der Waals surface area contributed by atoms with E-state index in [-0.39, 0.29) is 11.9 Å². The number of aromatic amines is 1. The normalized spacial score (nSPS) is 16.9.